The summed E-state index contributed by atoms with van der Waals surface area (Å²) in [5.41, 5.74) is 0.831. The van der Waals surface area contributed by atoms with Crippen LogP contribution in [0.2, 0.25) is 0 Å². The molecular formula is C13H13FN2O2S. The number of pyridine rings is 1. The van der Waals surface area contributed by atoms with Crippen molar-refractivity contribution in [3.05, 3.63) is 52.2 Å². The molecule has 0 radical (unpaired) electrons. The van der Waals surface area contributed by atoms with Gasteiger partial charge in [0.2, 0.25) is 0 Å². The summed E-state index contributed by atoms with van der Waals surface area (Å²) >= 11 is 1.05. The minimum Gasteiger partial charge on any atom is -0.396 e. The van der Waals surface area contributed by atoms with Crippen LogP contribution in [0.5, 0.6) is 0 Å². The fraction of sp³-hybridized carbons (Fsp3) is 0.231. The molecule has 1 unspecified atom stereocenters. The minimum atomic E-state index is -0.524. The van der Waals surface area contributed by atoms with Gasteiger partial charge < -0.3 is 10.4 Å². The van der Waals surface area contributed by atoms with E-state index in [2.05, 4.69) is 10.3 Å². The van der Waals surface area contributed by atoms with Gasteiger partial charge in [0, 0.05) is 24.9 Å². The van der Waals surface area contributed by atoms with E-state index in [-0.39, 0.29) is 23.9 Å². The molecule has 1 amide bonds. The minimum absolute atomic E-state index is 0.0582. The summed E-state index contributed by atoms with van der Waals surface area (Å²) in [4.78, 5) is 15.8. The lowest BCUT2D eigenvalue weighted by molar-refractivity contribution is 0.0948. The zero-order valence-corrected chi connectivity index (χ0v) is 10.9. The third-order valence-electron chi connectivity index (χ3n) is 2.71. The predicted molar refractivity (Wildman–Crippen MR) is 70.7 cm³/mol. The Bertz CT molecular complexity index is 545. The third kappa shape index (κ3) is 3.36. The number of hydrogen-bond acceptors (Lipinski definition) is 4. The molecule has 6 heteroatoms. The SMILES string of the molecule is O=C(NCC(CO)c1cccnc1)c1sccc1F. The smallest absolute Gasteiger partial charge is 0.264 e. The molecule has 0 bridgehead atoms. The molecule has 0 aromatic carbocycles. The van der Waals surface area contributed by atoms with Crippen LogP contribution in [0.1, 0.15) is 21.2 Å². The van der Waals surface area contributed by atoms with Crippen molar-refractivity contribution in [2.24, 2.45) is 0 Å². The molecule has 0 aliphatic rings. The van der Waals surface area contributed by atoms with Crippen LogP contribution in [0, 0.1) is 5.82 Å². The van der Waals surface area contributed by atoms with Crippen molar-refractivity contribution in [1.29, 1.82) is 0 Å². The lowest BCUT2D eigenvalue weighted by atomic mass is 10.0. The summed E-state index contributed by atoms with van der Waals surface area (Å²) < 4.78 is 13.2. The summed E-state index contributed by atoms with van der Waals surface area (Å²) in [6, 6.07) is 4.84. The van der Waals surface area contributed by atoms with E-state index in [4.69, 9.17) is 0 Å². The molecule has 1 atom stereocenters. The van der Waals surface area contributed by atoms with E-state index in [1.54, 1.807) is 18.5 Å². The maximum Gasteiger partial charge on any atom is 0.264 e. The molecule has 2 N–H and O–H groups in total. The van der Waals surface area contributed by atoms with Crippen LogP contribution in [-0.4, -0.2) is 29.1 Å². The number of halogens is 1. The van der Waals surface area contributed by atoms with E-state index in [9.17, 15) is 14.3 Å². The second-order valence-corrected chi connectivity index (χ2v) is 4.89. The van der Waals surface area contributed by atoms with E-state index < -0.39 is 11.7 Å². The molecule has 0 aliphatic heterocycles. The van der Waals surface area contributed by atoms with Gasteiger partial charge in [0.15, 0.2) is 0 Å². The number of carbonyl (C=O) groups is 1. The fourth-order valence-corrected chi connectivity index (χ4v) is 2.34. The molecule has 0 aliphatic carbocycles. The van der Waals surface area contributed by atoms with Gasteiger partial charge in [-0.1, -0.05) is 6.07 Å². The van der Waals surface area contributed by atoms with Crippen LogP contribution in [0.3, 0.4) is 0 Å². The number of aliphatic hydroxyl groups is 1. The normalized spacial score (nSPS) is 12.1. The summed E-state index contributed by atoms with van der Waals surface area (Å²) in [6.45, 7) is 0.122. The van der Waals surface area contributed by atoms with E-state index in [0.29, 0.717) is 0 Å². The lowest BCUT2D eigenvalue weighted by Gasteiger charge is -2.14. The van der Waals surface area contributed by atoms with Crippen molar-refractivity contribution in [2.75, 3.05) is 13.2 Å². The van der Waals surface area contributed by atoms with Crippen molar-refractivity contribution in [3.63, 3.8) is 0 Å². The Hall–Kier alpha value is -1.79. The Labute approximate surface area is 113 Å². The molecule has 2 aromatic heterocycles. The molecule has 19 heavy (non-hydrogen) atoms. The topological polar surface area (TPSA) is 62.2 Å². The number of rotatable bonds is 5. The first kappa shape index (κ1) is 13.6. The largest absolute Gasteiger partial charge is 0.396 e. The van der Waals surface area contributed by atoms with Gasteiger partial charge in [-0.25, -0.2) is 4.39 Å². The van der Waals surface area contributed by atoms with Crippen molar-refractivity contribution in [1.82, 2.24) is 10.3 Å². The highest BCUT2D eigenvalue weighted by atomic mass is 32.1. The maximum atomic E-state index is 13.2. The second-order valence-electron chi connectivity index (χ2n) is 3.97. The molecular weight excluding hydrogens is 267 g/mol. The van der Waals surface area contributed by atoms with Gasteiger partial charge in [0.05, 0.1) is 6.61 Å². The summed E-state index contributed by atoms with van der Waals surface area (Å²) in [6.07, 6.45) is 3.27. The highest BCUT2D eigenvalue weighted by molar-refractivity contribution is 7.12. The Morgan fingerprint density at radius 2 is 2.37 bits per heavy atom. The monoisotopic (exact) mass is 280 g/mol. The first-order chi connectivity index (χ1) is 9.22. The summed E-state index contributed by atoms with van der Waals surface area (Å²) in [7, 11) is 0. The van der Waals surface area contributed by atoms with Gasteiger partial charge in [-0.15, -0.1) is 11.3 Å². The van der Waals surface area contributed by atoms with Crippen LogP contribution in [0.25, 0.3) is 0 Å². The number of aromatic nitrogens is 1. The Balaban J connectivity index is 1.98. The van der Waals surface area contributed by atoms with E-state index in [0.717, 1.165) is 16.9 Å². The van der Waals surface area contributed by atoms with E-state index in [1.807, 2.05) is 6.07 Å². The number of thiophene rings is 1. The molecule has 0 spiro atoms. The van der Waals surface area contributed by atoms with Crippen LogP contribution in [0.15, 0.2) is 36.0 Å². The number of aliphatic hydroxyl groups excluding tert-OH is 1. The number of hydrogen-bond donors (Lipinski definition) is 2. The van der Waals surface area contributed by atoms with Gasteiger partial charge in [-0.3, -0.25) is 9.78 Å². The molecule has 2 heterocycles. The van der Waals surface area contributed by atoms with Crippen LogP contribution in [0.4, 0.5) is 4.39 Å². The van der Waals surface area contributed by atoms with Gasteiger partial charge in [0.1, 0.15) is 10.7 Å². The number of carbonyl (C=O) groups excluding carboxylic acids is 1. The zero-order valence-electron chi connectivity index (χ0n) is 10.0. The molecule has 100 valence electrons. The number of nitrogens with one attached hydrogen (secondary N) is 1. The van der Waals surface area contributed by atoms with Crippen molar-refractivity contribution < 1.29 is 14.3 Å². The molecule has 0 fully saturated rings. The Morgan fingerprint density at radius 3 is 2.95 bits per heavy atom. The number of nitrogens with zero attached hydrogens (tertiary/aromatic N) is 1. The fourth-order valence-electron chi connectivity index (χ4n) is 1.66. The van der Waals surface area contributed by atoms with Gasteiger partial charge >= 0.3 is 0 Å². The van der Waals surface area contributed by atoms with Crippen LogP contribution >= 0.6 is 11.3 Å². The van der Waals surface area contributed by atoms with Crippen molar-refractivity contribution >= 4 is 17.2 Å². The first-order valence-electron chi connectivity index (χ1n) is 5.74. The molecule has 0 saturated heterocycles. The number of amides is 1. The van der Waals surface area contributed by atoms with Gasteiger partial charge in [0.25, 0.3) is 5.91 Å². The summed E-state index contributed by atoms with van der Waals surface area (Å²) in [5, 5.41) is 13.5. The van der Waals surface area contributed by atoms with Crippen molar-refractivity contribution in [3.8, 4) is 0 Å². The Kier molecular flexibility index (Phi) is 4.59. The van der Waals surface area contributed by atoms with Crippen LogP contribution < -0.4 is 5.32 Å². The highest BCUT2D eigenvalue weighted by Gasteiger charge is 2.16. The highest BCUT2D eigenvalue weighted by Crippen LogP contribution is 2.16. The summed E-state index contributed by atoms with van der Waals surface area (Å²) in [5.74, 6) is -1.24. The average Bonchev–Trinajstić information content (AvgIpc) is 2.87. The Morgan fingerprint density at radius 1 is 1.53 bits per heavy atom. The molecule has 4 nitrogen and oxygen atoms in total. The van der Waals surface area contributed by atoms with Gasteiger partial charge in [-0.2, -0.15) is 0 Å². The quantitative estimate of drug-likeness (QED) is 0.877. The first-order valence-corrected chi connectivity index (χ1v) is 6.62. The average molecular weight is 280 g/mol. The van der Waals surface area contributed by atoms with E-state index >= 15 is 0 Å². The maximum absolute atomic E-state index is 13.2. The predicted octanol–water partition coefficient (Wildman–Crippen LogP) is 1.79. The molecule has 0 saturated carbocycles. The van der Waals surface area contributed by atoms with Gasteiger partial charge in [-0.05, 0) is 23.1 Å². The van der Waals surface area contributed by atoms with Crippen molar-refractivity contribution in [2.45, 2.75) is 5.92 Å². The molecule has 2 rings (SSSR count). The molecule has 2 aromatic rings. The standard InChI is InChI=1S/C13H13FN2O2S/c14-11-3-5-19-12(11)13(18)16-7-10(8-17)9-2-1-4-15-6-9/h1-6,10,17H,7-8H2,(H,16,18). The lowest BCUT2D eigenvalue weighted by Crippen LogP contribution is -2.29. The third-order valence-corrected chi connectivity index (χ3v) is 3.60. The zero-order chi connectivity index (χ0) is 13.7. The van der Waals surface area contributed by atoms with Crippen LogP contribution in [-0.2, 0) is 0 Å². The van der Waals surface area contributed by atoms with E-state index in [1.165, 1.54) is 11.4 Å². The second kappa shape index (κ2) is 6.40.